The van der Waals surface area contributed by atoms with Gasteiger partial charge in [-0.05, 0) is 83.0 Å². The predicted octanol–water partition coefficient (Wildman–Crippen LogP) is 3.52. The quantitative estimate of drug-likeness (QED) is 0.129. The van der Waals surface area contributed by atoms with E-state index in [1.807, 2.05) is 81.4 Å². The maximum Gasteiger partial charge on any atom is 0.246 e. The molecule has 0 spiro atoms. The highest BCUT2D eigenvalue weighted by molar-refractivity contribution is 5.99. The Bertz CT molecular complexity index is 1610. The van der Waals surface area contributed by atoms with Gasteiger partial charge in [-0.15, -0.1) is 0 Å². The van der Waals surface area contributed by atoms with Crippen molar-refractivity contribution < 1.29 is 28.7 Å². The van der Waals surface area contributed by atoms with Crippen molar-refractivity contribution in [1.29, 1.82) is 0 Å². The van der Waals surface area contributed by atoms with Crippen molar-refractivity contribution in [2.75, 3.05) is 46.4 Å². The number of ether oxygens (including phenoxy) is 1. The van der Waals surface area contributed by atoms with Crippen molar-refractivity contribution in [3.63, 3.8) is 0 Å². The molecule has 0 aromatic heterocycles. The Kier molecular flexibility index (Phi) is 15.6. The number of aryl methyl sites for hydroxylation is 1. The molecule has 4 amide bonds. The minimum absolute atomic E-state index is 0.133. The Morgan fingerprint density at radius 3 is 2.12 bits per heavy atom. The number of carbonyl (C=O) groups is 5. The second-order valence-electron chi connectivity index (χ2n) is 16.8. The molecule has 0 radical (unpaired) electrons. The van der Waals surface area contributed by atoms with Crippen LogP contribution >= 0.6 is 0 Å². The Balaban J connectivity index is 1.24. The highest BCUT2D eigenvalue weighted by Gasteiger charge is 2.51. The Hall–Kier alpha value is -4.13. The monoisotopic (exact) mass is 772 g/mol. The van der Waals surface area contributed by atoms with Gasteiger partial charge in [0.05, 0.1) is 12.6 Å². The number of carbonyl (C=O) groups excluding carboxylic acids is 5. The number of hydrogen-bond donors (Lipinski definition) is 3. The van der Waals surface area contributed by atoms with Crippen molar-refractivity contribution in [2.45, 2.75) is 121 Å². The zero-order chi connectivity index (χ0) is 40.2. The van der Waals surface area contributed by atoms with Gasteiger partial charge in [-0.1, -0.05) is 80.9 Å². The average Bonchev–Trinajstić information content (AvgIpc) is 3.87. The van der Waals surface area contributed by atoms with Crippen LogP contribution < -0.4 is 16.0 Å². The summed E-state index contributed by atoms with van der Waals surface area (Å²) in [6, 6.07) is 15.5. The molecule has 2 aromatic rings. The summed E-state index contributed by atoms with van der Waals surface area (Å²) in [5, 5.41) is 8.95. The average molecular weight is 773 g/mol. The first-order valence-electron chi connectivity index (χ1n) is 20.7. The molecule has 12 heteroatoms. The fraction of sp³-hybridized carbons (Fsp3) is 0.614. The molecule has 5 rings (SSSR count). The van der Waals surface area contributed by atoms with Crippen molar-refractivity contribution in [3.8, 4) is 0 Å². The number of unbranched alkanes of at least 4 members (excludes halogenated alkanes) is 2. The molecule has 2 aromatic carbocycles. The maximum atomic E-state index is 14.3. The molecule has 3 saturated heterocycles. The van der Waals surface area contributed by atoms with Gasteiger partial charge in [-0.25, -0.2) is 0 Å². The van der Waals surface area contributed by atoms with Crippen LogP contribution in [-0.4, -0.2) is 126 Å². The van der Waals surface area contributed by atoms with Gasteiger partial charge in [0.25, 0.3) is 0 Å². The largest absolute Gasteiger partial charge is 0.361 e. The molecule has 3 aliphatic rings. The molecule has 3 N–H and O–H groups in total. The van der Waals surface area contributed by atoms with Crippen LogP contribution in [-0.2, 0) is 41.6 Å². The Labute approximate surface area is 333 Å². The van der Waals surface area contributed by atoms with E-state index in [0.29, 0.717) is 38.7 Å². The summed E-state index contributed by atoms with van der Waals surface area (Å²) in [4.78, 5) is 75.5. The number of amides is 4. The third kappa shape index (κ3) is 12.4. The summed E-state index contributed by atoms with van der Waals surface area (Å²) < 4.78 is 5.45. The Morgan fingerprint density at radius 2 is 1.50 bits per heavy atom. The lowest BCUT2D eigenvalue weighted by Crippen LogP contribution is -2.57. The van der Waals surface area contributed by atoms with Crippen molar-refractivity contribution in [3.05, 3.63) is 71.8 Å². The lowest BCUT2D eigenvalue weighted by Gasteiger charge is -2.33. The molecule has 3 aliphatic heterocycles. The van der Waals surface area contributed by atoms with Gasteiger partial charge in [0, 0.05) is 45.1 Å². The first-order chi connectivity index (χ1) is 26.8. The van der Waals surface area contributed by atoms with E-state index in [2.05, 4.69) is 32.8 Å². The van der Waals surface area contributed by atoms with Crippen LogP contribution in [0.4, 0.5) is 0 Å². The van der Waals surface area contributed by atoms with Gasteiger partial charge in [-0.3, -0.25) is 24.0 Å². The molecule has 56 heavy (non-hydrogen) atoms. The summed E-state index contributed by atoms with van der Waals surface area (Å²) in [5.74, 6) is -1.41. The number of nitrogens with zero attached hydrogens (tertiary/aromatic N) is 3. The van der Waals surface area contributed by atoms with E-state index in [-0.39, 0.29) is 36.0 Å². The number of piperazine rings is 1. The molecule has 0 saturated carbocycles. The number of benzene rings is 2. The van der Waals surface area contributed by atoms with Gasteiger partial charge in [0.1, 0.15) is 23.7 Å². The second-order valence-corrected chi connectivity index (χ2v) is 16.8. The van der Waals surface area contributed by atoms with Gasteiger partial charge in [-0.2, -0.15) is 0 Å². The SMILES string of the molecule is CC(C)CC(NC(=O)[C@H](Cc1ccccc1)N1C(=O)C(NC(=O)[C@H](CCc2ccccc2)NC(=O)CCCCCN2CCN(C)CC2)CC1C)C(=O)C1(C)CO1. The zero-order valence-electron chi connectivity index (χ0n) is 34.1. The smallest absolute Gasteiger partial charge is 0.246 e. The third-order valence-corrected chi connectivity index (χ3v) is 11.5. The van der Waals surface area contributed by atoms with Crippen molar-refractivity contribution >= 4 is 29.4 Å². The molecular weight excluding hydrogens is 709 g/mol. The van der Waals surface area contributed by atoms with Gasteiger partial charge < -0.3 is 35.4 Å². The molecule has 0 aliphatic carbocycles. The highest BCUT2D eigenvalue weighted by atomic mass is 16.6. The van der Waals surface area contributed by atoms with E-state index in [9.17, 15) is 24.0 Å². The molecular formula is C44H64N6O6. The van der Waals surface area contributed by atoms with Crippen LogP contribution in [0.2, 0.25) is 0 Å². The maximum absolute atomic E-state index is 14.3. The van der Waals surface area contributed by atoms with Crippen LogP contribution in [0.15, 0.2) is 60.7 Å². The number of hydrogen-bond acceptors (Lipinski definition) is 8. The molecule has 4 unspecified atom stereocenters. The standard InChI is InChI=1S/C44H64N6O6/c1-31(2)27-36(40(52)44(4)30-56-44)46-42(54)38(29-34-17-11-7-12-18-34)50-32(3)28-37(43(50)55)47-41(53)35(21-20-33-15-9-6-10-16-33)45-39(51)19-13-8-14-22-49-25-23-48(5)24-26-49/h6-7,9-12,15-18,31-32,35-38H,8,13-14,19-30H2,1-5H3,(H,45,51)(H,46,54)(H,47,53)/t32?,35-,36?,37?,38-,44?/m0/s1. The van der Waals surface area contributed by atoms with Gasteiger partial charge in [0.15, 0.2) is 5.78 Å². The van der Waals surface area contributed by atoms with E-state index in [4.69, 9.17) is 4.74 Å². The summed E-state index contributed by atoms with van der Waals surface area (Å²) in [6.45, 7) is 13.3. The molecule has 3 fully saturated rings. The van der Waals surface area contributed by atoms with Gasteiger partial charge >= 0.3 is 0 Å². The molecule has 12 nitrogen and oxygen atoms in total. The van der Waals surface area contributed by atoms with Crippen molar-refractivity contribution in [1.82, 2.24) is 30.7 Å². The van der Waals surface area contributed by atoms with E-state index >= 15 is 0 Å². The van der Waals surface area contributed by atoms with Crippen LogP contribution in [0.25, 0.3) is 0 Å². The lowest BCUT2D eigenvalue weighted by molar-refractivity contribution is -0.142. The summed E-state index contributed by atoms with van der Waals surface area (Å²) in [5.41, 5.74) is 1.00. The number of likely N-dealkylation sites (N-methyl/N-ethyl adjacent to an activating group) is 1. The molecule has 3 heterocycles. The minimum atomic E-state index is -0.915. The second kappa shape index (κ2) is 20.3. The number of rotatable bonds is 21. The van der Waals surface area contributed by atoms with E-state index in [0.717, 1.165) is 63.1 Å². The van der Waals surface area contributed by atoms with Crippen LogP contribution in [0, 0.1) is 5.92 Å². The fourth-order valence-corrected chi connectivity index (χ4v) is 7.91. The minimum Gasteiger partial charge on any atom is -0.361 e. The molecule has 6 atom stereocenters. The fourth-order valence-electron chi connectivity index (χ4n) is 7.91. The number of likely N-dealkylation sites (tertiary alicyclic amines) is 1. The zero-order valence-corrected chi connectivity index (χ0v) is 34.1. The normalized spacial score (nSPS) is 23.0. The van der Waals surface area contributed by atoms with Crippen LogP contribution in [0.3, 0.4) is 0 Å². The predicted molar refractivity (Wildman–Crippen MR) is 217 cm³/mol. The lowest BCUT2D eigenvalue weighted by atomic mass is 9.92. The topological polar surface area (TPSA) is 144 Å². The van der Waals surface area contributed by atoms with Crippen LogP contribution in [0.5, 0.6) is 0 Å². The van der Waals surface area contributed by atoms with E-state index in [1.165, 1.54) is 0 Å². The highest BCUT2D eigenvalue weighted by Crippen LogP contribution is 2.30. The van der Waals surface area contributed by atoms with E-state index < -0.39 is 41.6 Å². The summed E-state index contributed by atoms with van der Waals surface area (Å²) in [7, 11) is 2.15. The summed E-state index contributed by atoms with van der Waals surface area (Å²) in [6.07, 6.45) is 4.95. The molecule has 0 bridgehead atoms. The first kappa shape index (κ1) is 43.0. The third-order valence-electron chi connectivity index (χ3n) is 11.5. The van der Waals surface area contributed by atoms with Crippen LogP contribution in [0.1, 0.15) is 83.8 Å². The number of nitrogens with one attached hydrogen (secondary N) is 3. The number of ketones is 1. The molecule has 306 valence electrons. The number of Topliss-reactive ketones (excluding diaryl/α,β-unsaturated/α-hetero) is 1. The number of epoxide rings is 1. The Morgan fingerprint density at radius 1 is 0.857 bits per heavy atom. The van der Waals surface area contributed by atoms with Gasteiger partial charge in [0.2, 0.25) is 23.6 Å². The summed E-state index contributed by atoms with van der Waals surface area (Å²) >= 11 is 0. The van der Waals surface area contributed by atoms with E-state index in [1.54, 1.807) is 11.8 Å². The van der Waals surface area contributed by atoms with Crippen molar-refractivity contribution in [2.24, 2.45) is 5.92 Å². The first-order valence-corrected chi connectivity index (χ1v) is 20.7.